The maximum Gasteiger partial charge on any atom is 0.253 e. The van der Waals surface area contributed by atoms with Crippen LogP contribution < -0.4 is 10.6 Å². The van der Waals surface area contributed by atoms with Crippen molar-refractivity contribution in [3.63, 3.8) is 0 Å². The Kier molecular flexibility index (Phi) is 5.12. The molecule has 156 valence electrons. The normalized spacial score (nSPS) is 18.2. The van der Waals surface area contributed by atoms with Gasteiger partial charge in [-0.15, -0.1) is 0 Å². The van der Waals surface area contributed by atoms with Crippen LogP contribution in [-0.2, 0) is 6.54 Å². The number of nitrogens with one attached hydrogen (secondary N) is 2. The number of aromatic nitrogens is 1. The molecule has 2 aliphatic rings. The van der Waals surface area contributed by atoms with Gasteiger partial charge in [0.05, 0.1) is 17.8 Å². The highest BCUT2D eigenvalue weighted by Gasteiger charge is 2.43. The Hall–Kier alpha value is -3.67. The zero-order valence-corrected chi connectivity index (χ0v) is 17.3. The van der Waals surface area contributed by atoms with Crippen molar-refractivity contribution in [1.29, 1.82) is 0 Å². The highest BCUT2D eigenvalue weighted by atomic mass is 16.2. The number of anilines is 2. The van der Waals surface area contributed by atoms with Crippen LogP contribution in [0.5, 0.6) is 0 Å². The smallest absolute Gasteiger partial charge is 0.253 e. The molecule has 2 aromatic carbocycles. The Labute approximate surface area is 182 Å². The molecule has 6 nitrogen and oxygen atoms in total. The van der Waals surface area contributed by atoms with Crippen LogP contribution in [0.1, 0.15) is 28.8 Å². The first-order valence-corrected chi connectivity index (χ1v) is 10.7. The van der Waals surface area contributed by atoms with Crippen molar-refractivity contribution >= 4 is 23.2 Å². The number of amidine groups is 1. The Bertz CT molecular complexity index is 1090. The fraction of sp³-hybridized carbons (Fsp3) is 0.240. The van der Waals surface area contributed by atoms with Crippen molar-refractivity contribution in [1.82, 2.24) is 9.88 Å². The van der Waals surface area contributed by atoms with Gasteiger partial charge >= 0.3 is 0 Å². The molecule has 0 saturated carbocycles. The molecule has 1 spiro atoms. The first-order chi connectivity index (χ1) is 15.2. The van der Waals surface area contributed by atoms with E-state index in [1.807, 2.05) is 65.6 Å². The van der Waals surface area contributed by atoms with Crippen LogP contribution in [0.3, 0.4) is 0 Å². The number of fused-ring (bicyclic) bond motifs is 1. The first kappa shape index (κ1) is 19.3. The molecule has 0 radical (unpaired) electrons. The lowest BCUT2D eigenvalue weighted by Gasteiger charge is -2.46. The van der Waals surface area contributed by atoms with E-state index in [-0.39, 0.29) is 11.4 Å². The number of hydrogen-bond acceptors (Lipinski definition) is 4. The molecule has 0 bridgehead atoms. The molecular weight excluding hydrogens is 386 g/mol. The van der Waals surface area contributed by atoms with Gasteiger partial charge in [0.15, 0.2) is 5.82 Å². The molecule has 3 aromatic rings. The average Bonchev–Trinajstić information content (AvgIpc) is 2.84. The van der Waals surface area contributed by atoms with Gasteiger partial charge in [-0.3, -0.25) is 9.79 Å². The van der Waals surface area contributed by atoms with Crippen molar-refractivity contribution in [2.24, 2.45) is 4.99 Å². The molecule has 1 aromatic heterocycles. The summed E-state index contributed by atoms with van der Waals surface area (Å²) in [4.78, 5) is 24.3. The van der Waals surface area contributed by atoms with E-state index in [0.29, 0.717) is 19.6 Å². The second-order valence-electron chi connectivity index (χ2n) is 8.04. The van der Waals surface area contributed by atoms with Crippen LogP contribution in [0.15, 0.2) is 84.0 Å². The average molecular weight is 412 g/mol. The summed E-state index contributed by atoms with van der Waals surface area (Å²) in [5, 5.41) is 7.18. The van der Waals surface area contributed by atoms with Crippen LogP contribution in [0.4, 0.5) is 11.5 Å². The third-order valence-corrected chi connectivity index (χ3v) is 6.06. The van der Waals surface area contributed by atoms with E-state index in [9.17, 15) is 4.79 Å². The number of hydrogen-bond donors (Lipinski definition) is 2. The van der Waals surface area contributed by atoms with Gasteiger partial charge in [-0.25, -0.2) is 4.98 Å². The SMILES string of the molecule is O=C(c1ccccc1)N1CCC2(CC1)Nc1cccnc1NC2=NCc1ccccc1. The lowest BCUT2D eigenvalue weighted by atomic mass is 9.84. The molecule has 1 amide bonds. The Morgan fingerprint density at radius 1 is 0.968 bits per heavy atom. The van der Waals surface area contributed by atoms with Crippen molar-refractivity contribution in [2.75, 3.05) is 23.7 Å². The summed E-state index contributed by atoms with van der Waals surface area (Å²) >= 11 is 0. The molecule has 1 fully saturated rings. The lowest BCUT2D eigenvalue weighted by molar-refractivity contribution is 0.0705. The summed E-state index contributed by atoms with van der Waals surface area (Å²) in [5.41, 5.74) is 2.54. The number of carbonyl (C=O) groups is 1. The Morgan fingerprint density at radius 2 is 1.68 bits per heavy atom. The molecule has 0 aliphatic carbocycles. The second-order valence-corrected chi connectivity index (χ2v) is 8.04. The minimum atomic E-state index is -0.335. The largest absolute Gasteiger partial charge is 0.370 e. The lowest BCUT2D eigenvalue weighted by Crippen LogP contribution is -2.59. The van der Waals surface area contributed by atoms with Gasteiger partial charge in [0.25, 0.3) is 5.91 Å². The molecule has 5 rings (SSSR count). The predicted molar refractivity (Wildman–Crippen MR) is 123 cm³/mol. The predicted octanol–water partition coefficient (Wildman–Crippen LogP) is 4.19. The Morgan fingerprint density at radius 3 is 2.42 bits per heavy atom. The maximum atomic E-state index is 12.9. The third kappa shape index (κ3) is 3.89. The summed E-state index contributed by atoms with van der Waals surface area (Å²) in [7, 11) is 0. The van der Waals surface area contributed by atoms with Crippen LogP contribution >= 0.6 is 0 Å². The van der Waals surface area contributed by atoms with Crippen molar-refractivity contribution in [3.8, 4) is 0 Å². The van der Waals surface area contributed by atoms with E-state index in [2.05, 4.69) is 27.8 Å². The molecular formula is C25H25N5O. The van der Waals surface area contributed by atoms with Crippen molar-refractivity contribution in [3.05, 3.63) is 90.1 Å². The van der Waals surface area contributed by atoms with E-state index < -0.39 is 0 Å². The number of benzene rings is 2. The summed E-state index contributed by atoms with van der Waals surface area (Å²) < 4.78 is 0. The van der Waals surface area contributed by atoms with Gasteiger partial charge in [0, 0.05) is 24.8 Å². The second kappa shape index (κ2) is 8.22. The topological polar surface area (TPSA) is 69.6 Å². The van der Waals surface area contributed by atoms with E-state index in [1.165, 1.54) is 0 Å². The Balaban J connectivity index is 1.39. The van der Waals surface area contributed by atoms with Crippen LogP contribution in [0.25, 0.3) is 0 Å². The molecule has 2 N–H and O–H groups in total. The zero-order valence-electron chi connectivity index (χ0n) is 17.3. The number of rotatable bonds is 3. The number of nitrogens with zero attached hydrogens (tertiary/aromatic N) is 3. The molecule has 1 saturated heterocycles. The monoisotopic (exact) mass is 411 g/mol. The number of piperidine rings is 1. The minimum Gasteiger partial charge on any atom is -0.370 e. The highest BCUT2D eigenvalue weighted by molar-refractivity contribution is 6.08. The summed E-state index contributed by atoms with van der Waals surface area (Å²) in [5.74, 6) is 1.78. The molecule has 6 heteroatoms. The molecule has 31 heavy (non-hydrogen) atoms. The van der Waals surface area contributed by atoms with Gasteiger partial charge < -0.3 is 15.5 Å². The van der Waals surface area contributed by atoms with E-state index in [1.54, 1.807) is 6.20 Å². The van der Waals surface area contributed by atoms with E-state index in [0.717, 1.165) is 41.3 Å². The van der Waals surface area contributed by atoms with Crippen molar-refractivity contribution in [2.45, 2.75) is 24.9 Å². The summed E-state index contributed by atoms with van der Waals surface area (Å²) in [6.07, 6.45) is 3.34. The molecule has 0 unspecified atom stereocenters. The van der Waals surface area contributed by atoms with Gasteiger partial charge in [-0.05, 0) is 42.7 Å². The van der Waals surface area contributed by atoms with E-state index >= 15 is 0 Å². The standard InChI is InChI=1S/C25H25N5O/c31-23(20-10-5-2-6-11-20)30-16-13-25(14-17-30)24(27-18-19-8-3-1-4-9-19)28-22-21(29-25)12-7-15-26-22/h1-12,15,29H,13-14,16-18H2,(H,26,27,28). The van der Waals surface area contributed by atoms with Gasteiger partial charge in [-0.2, -0.15) is 0 Å². The summed E-state index contributed by atoms with van der Waals surface area (Å²) in [6, 6.07) is 23.7. The highest BCUT2D eigenvalue weighted by Crippen LogP contribution is 2.36. The van der Waals surface area contributed by atoms with E-state index in [4.69, 9.17) is 4.99 Å². The molecule has 3 heterocycles. The van der Waals surface area contributed by atoms with Crippen molar-refractivity contribution < 1.29 is 4.79 Å². The number of amides is 1. The van der Waals surface area contributed by atoms with Crippen LogP contribution in [-0.4, -0.2) is 40.3 Å². The number of pyridine rings is 1. The minimum absolute atomic E-state index is 0.0871. The quantitative estimate of drug-likeness (QED) is 0.678. The number of aliphatic imine (C=N–C) groups is 1. The molecule has 2 aliphatic heterocycles. The molecule has 0 atom stereocenters. The summed E-state index contributed by atoms with van der Waals surface area (Å²) in [6.45, 7) is 1.94. The fourth-order valence-corrected chi connectivity index (χ4v) is 4.32. The van der Waals surface area contributed by atoms with Gasteiger partial charge in [0.1, 0.15) is 5.84 Å². The van der Waals surface area contributed by atoms with Gasteiger partial charge in [-0.1, -0.05) is 48.5 Å². The fourth-order valence-electron chi connectivity index (χ4n) is 4.32. The van der Waals surface area contributed by atoms with Crippen LogP contribution in [0, 0.1) is 0 Å². The maximum absolute atomic E-state index is 12.9. The number of carbonyl (C=O) groups excluding carboxylic acids is 1. The third-order valence-electron chi connectivity index (χ3n) is 6.06. The van der Waals surface area contributed by atoms with Gasteiger partial charge in [0.2, 0.25) is 0 Å². The number of likely N-dealkylation sites (tertiary alicyclic amines) is 1. The zero-order chi connectivity index (χ0) is 21.1. The van der Waals surface area contributed by atoms with Crippen LogP contribution in [0.2, 0.25) is 0 Å². The first-order valence-electron chi connectivity index (χ1n) is 10.7.